The predicted molar refractivity (Wildman–Crippen MR) is 106 cm³/mol. The summed E-state index contributed by atoms with van der Waals surface area (Å²) < 4.78 is 0. The van der Waals surface area contributed by atoms with Crippen molar-refractivity contribution in [3.8, 4) is 0 Å². The third-order valence-electron chi connectivity index (χ3n) is 4.13. The van der Waals surface area contributed by atoms with Crippen molar-refractivity contribution >= 4 is 46.6 Å². The van der Waals surface area contributed by atoms with Gasteiger partial charge >= 0.3 is 12.0 Å². The predicted octanol–water partition coefficient (Wildman–Crippen LogP) is 5.77. The molecule has 0 bridgehead atoms. The first kappa shape index (κ1) is 20.1. The Hall–Kier alpha value is -2.24. The molecule has 0 aliphatic carbocycles. The fourth-order valence-corrected chi connectivity index (χ4v) is 2.68. The topological polar surface area (TPSA) is 69.6 Å². The van der Waals surface area contributed by atoms with Gasteiger partial charge in [0.15, 0.2) is 0 Å². The van der Waals surface area contributed by atoms with Crippen molar-refractivity contribution < 1.29 is 14.7 Å². The summed E-state index contributed by atoms with van der Waals surface area (Å²) in [4.78, 5) is 25.7. The van der Waals surface area contributed by atoms with Crippen molar-refractivity contribution in [1.82, 2.24) is 0 Å². The Labute approximate surface area is 162 Å². The van der Waals surface area contributed by atoms with E-state index in [0.29, 0.717) is 21.4 Å². The van der Waals surface area contributed by atoms with Crippen LogP contribution in [0, 0.1) is 5.92 Å². The molecule has 2 amide bonds. The number of urea groups is 1. The van der Waals surface area contributed by atoms with Gasteiger partial charge in [-0.2, -0.15) is 0 Å². The van der Waals surface area contributed by atoms with Gasteiger partial charge in [-0.25, -0.2) is 9.59 Å². The number of amides is 2. The van der Waals surface area contributed by atoms with E-state index >= 15 is 0 Å². The lowest BCUT2D eigenvalue weighted by Crippen LogP contribution is -2.44. The number of carbonyl (C=O) groups is 2. The molecule has 5 nitrogen and oxygen atoms in total. The van der Waals surface area contributed by atoms with E-state index < -0.39 is 5.97 Å². The second kappa shape index (κ2) is 8.43. The molecule has 1 atom stereocenters. The highest BCUT2D eigenvalue weighted by Crippen LogP contribution is 2.27. The van der Waals surface area contributed by atoms with Crippen LogP contribution < -0.4 is 10.2 Å². The van der Waals surface area contributed by atoms with Crippen LogP contribution in [0.1, 0.15) is 31.1 Å². The first-order valence-electron chi connectivity index (χ1n) is 8.09. The van der Waals surface area contributed by atoms with Gasteiger partial charge in [-0.3, -0.25) is 4.90 Å². The smallest absolute Gasteiger partial charge is 0.335 e. The van der Waals surface area contributed by atoms with E-state index in [2.05, 4.69) is 5.32 Å². The lowest BCUT2D eigenvalue weighted by molar-refractivity contribution is 0.0697. The number of halogens is 2. The molecule has 0 saturated heterocycles. The molecule has 26 heavy (non-hydrogen) atoms. The van der Waals surface area contributed by atoms with E-state index in [1.54, 1.807) is 35.2 Å². The molecule has 0 aliphatic heterocycles. The third kappa shape index (κ3) is 4.68. The van der Waals surface area contributed by atoms with Crippen molar-refractivity contribution in [2.45, 2.75) is 26.8 Å². The highest BCUT2D eigenvalue weighted by molar-refractivity contribution is 6.42. The largest absolute Gasteiger partial charge is 0.478 e. The van der Waals surface area contributed by atoms with Crippen molar-refractivity contribution in [1.29, 1.82) is 0 Å². The lowest BCUT2D eigenvalue weighted by atomic mass is 10.0. The second-order valence-corrected chi connectivity index (χ2v) is 7.08. The van der Waals surface area contributed by atoms with E-state index in [4.69, 9.17) is 23.2 Å². The van der Waals surface area contributed by atoms with Gasteiger partial charge in [-0.1, -0.05) is 43.1 Å². The number of hydrogen-bond donors (Lipinski definition) is 2. The molecule has 0 radical (unpaired) electrons. The van der Waals surface area contributed by atoms with Crippen molar-refractivity contribution in [3.05, 3.63) is 58.1 Å². The summed E-state index contributed by atoms with van der Waals surface area (Å²) in [6, 6.07) is 10.6. The monoisotopic (exact) mass is 394 g/mol. The van der Waals surface area contributed by atoms with Crippen molar-refractivity contribution in [2.75, 3.05) is 10.2 Å². The van der Waals surface area contributed by atoms with Gasteiger partial charge in [-0.05, 0) is 49.2 Å². The summed E-state index contributed by atoms with van der Waals surface area (Å²) in [6.45, 7) is 5.89. The zero-order valence-corrected chi connectivity index (χ0v) is 16.2. The van der Waals surface area contributed by atoms with Gasteiger partial charge < -0.3 is 10.4 Å². The second-order valence-electron chi connectivity index (χ2n) is 6.27. The number of benzene rings is 2. The first-order valence-corrected chi connectivity index (χ1v) is 8.85. The van der Waals surface area contributed by atoms with E-state index in [0.717, 1.165) is 0 Å². The van der Waals surface area contributed by atoms with Crippen LogP contribution in [0.3, 0.4) is 0 Å². The summed E-state index contributed by atoms with van der Waals surface area (Å²) in [5.74, 6) is -0.892. The summed E-state index contributed by atoms with van der Waals surface area (Å²) in [6.07, 6.45) is 0. The molecular weight excluding hydrogens is 375 g/mol. The molecule has 2 aromatic carbocycles. The molecule has 0 heterocycles. The molecule has 0 spiro atoms. The minimum absolute atomic E-state index is 0.116. The number of nitrogens with one attached hydrogen (secondary N) is 1. The fourth-order valence-electron chi connectivity index (χ4n) is 2.38. The van der Waals surface area contributed by atoms with E-state index in [9.17, 15) is 14.7 Å². The Morgan fingerprint density at radius 1 is 1.04 bits per heavy atom. The quantitative estimate of drug-likeness (QED) is 0.675. The third-order valence-corrected chi connectivity index (χ3v) is 4.87. The molecule has 0 fully saturated rings. The standard InChI is InChI=1S/C19H20Cl2N2O3/c1-11(2)12(3)23(15-6-4-5-13(9-15)18(24)25)19(26)22-14-7-8-16(20)17(21)10-14/h4-12H,1-3H3,(H,22,26)(H,24,25). The maximum absolute atomic E-state index is 12.9. The summed E-state index contributed by atoms with van der Waals surface area (Å²) in [7, 11) is 0. The molecule has 2 N–H and O–H groups in total. The van der Waals surface area contributed by atoms with Crippen molar-refractivity contribution in [3.63, 3.8) is 0 Å². The number of carbonyl (C=O) groups excluding carboxylic acids is 1. The van der Waals surface area contributed by atoms with Crippen LogP contribution in [0.5, 0.6) is 0 Å². The number of carboxylic acids is 1. The maximum atomic E-state index is 12.9. The van der Waals surface area contributed by atoms with E-state index in [1.807, 2.05) is 20.8 Å². The Balaban J connectivity index is 2.37. The average Bonchev–Trinajstić information content (AvgIpc) is 2.58. The minimum atomic E-state index is -1.05. The first-order chi connectivity index (χ1) is 12.2. The van der Waals surface area contributed by atoms with Gasteiger partial charge in [0.25, 0.3) is 0 Å². The summed E-state index contributed by atoms with van der Waals surface area (Å²) in [5.41, 5.74) is 1.12. The van der Waals surface area contributed by atoms with Crippen LogP contribution in [0.4, 0.5) is 16.2 Å². The Morgan fingerprint density at radius 2 is 1.73 bits per heavy atom. The number of aromatic carboxylic acids is 1. The SMILES string of the molecule is CC(C)C(C)N(C(=O)Nc1ccc(Cl)c(Cl)c1)c1cccc(C(=O)O)c1. The molecular formula is C19H20Cl2N2O3. The Morgan fingerprint density at radius 3 is 2.31 bits per heavy atom. The van der Waals surface area contributed by atoms with Gasteiger partial charge in [0.05, 0.1) is 15.6 Å². The molecule has 2 aromatic rings. The molecule has 7 heteroatoms. The highest BCUT2D eigenvalue weighted by atomic mass is 35.5. The van der Waals surface area contributed by atoms with Crippen LogP contribution >= 0.6 is 23.2 Å². The van der Waals surface area contributed by atoms with Gasteiger partial charge in [0, 0.05) is 17.4 Å². The normalized spacial score (nSPS) is 11.9. The average molecular weight is 395 g/mol. The number of anilines is 2. The maximum Gasteiger partial charge on any atom is 0.335 e. The number of rotatable bonds is 5. The summed E-state index contributed by atoms with van der Waals surface area (Å²) in [5, 5.41) is 12.7. The fraction of sp³-hybridized carbons (Fsp3) is 0.263. The van der Waals surface area contributed by atoms with Crippen molar-refractivity contribution in [2.24, 2.45) is 5.92 Å². The van der Waals surface area contributed by atoms with Crippen LogP contribution in [-0.2, 0) is 0 Å². The van der Waals surface area contributed by atoms with Crippen LogP contribution in [0.15, 0.2) is 42.5 Å². The van der Waals surface area contributed by atoms with Crippen LogP contribution in [-0.4, -0.2) is 23.1 Å². The molecule has 2 rings (SSSR count). The number of hydrogen-bond acceptors (Lipinski definition) is 2. The molecule has 0 aromatic heterocycles. The van der Waals surface area contributed by atoms with E-state index in [-0.39, 0.29) is 23.6 Å². The zero-order chi connectivity index (χ0) is 19.4. The van der Waals surface area contributed by atoms with Gasteiger partial charge in [-0.15, -0.1) is 0 Å². The zero-order valence-electron chi connectivity index (χ0n) is 14.7. The van der Waals surface area contributed by atoms with E-state index in [1.165, 1.54) is 12.1 Å². The molecule has 0 aliphatic rings. The molecule has 138 valence electrons. The summed E-state index contributed by atoms with van der Waals surface area (Å²) >= 11 is 11.9. The van der Waals surface area contributed by atoms with Gasteiger partial charge in [0.1, 0.15) is 0 Å². The minimum Gasteiger partial charge on any atom is -0.478 e. The molecule has 0 saturated carbocycles. The number of nitrogens with zero attached hydrogens (tertiary/aromatic N) is 1. The van der Waals surface area contributed by atoms with Gasteiger partial charge in [0.2, 0.25) is 0 Å². The highest BCUT2D eigenvalue weighted by Gasteiger charge is 2.25. The Bertz CT molecular complexity index is 824. The number of carboxylic acid groups (broad SMARTS) is 1. The van der Waals surface area contributed by atoms with Crippen LogP contribution in [0.25, 0.3) is 0 Å². The molecule has 1 unspecified atom stereocenters. The Kier molecular flexibility index (Phi) is 6.51. The lowest BCUT2D eigenvalue weighted by Gasteiger charge is -2.32. The van der Waals surface area contributed by atoms with Crippen LogP contribution in [0.2, 0.25) is 10.0 Å².